The predicted octanol–water partition coefficient (Wildman–Crippen LogP) is 3.29. The molecule has 1 atom stereocenters. The minimum absolute atomic E-state index is 0.465. The molecular weight excluding hydrogens is 228 g/mol. The summed E-state index contributed by atoms with van der Waals surface area (Å²) >= 11 is 0. The molecule has 3 nitrogen and oxygen atoms in total. The number of ether oxygens (including phenoxy) is 2. The van der Waals surface area contributed by atoms with Gasteiger partial charge in [0.15, 0.2) is 0 Å². The summed E-state index contributed by atoms with van der Waals surface area (Å²) in [4.78, 5) is 0. The Kier molecular flexibility index (Phi) is 2.90. The first-order valence-electron chi connectivity index (χ1n) is 6.00. The fourth-order valence-corrected chi connectivity index (χ4v) is 2.04. The molecule has 1 aliphatic heterocycles. The van der Waals surface area contributed by atoms with Crippen LogP contribution in [0.5, 0.6) is 17.2 Å². The highest BCUT2D eigenvalue weighted by Gasteiger charge is 2.19. The number of aliphatic hydroxyl groups excluding tert-OH is 1. The molecule has 3 rings (SSSR count). The number of fused-ring (bicyclic) bond motifs is 1. The number of hydrogen-bond acceptors (Lipinski definition) is 3. The second-order valence-electron chi connectivity index (χ2n) is 4.27. The molecule has 0 bridgehead atoms. The van der Waals surface area contributed by atoms with Crippen molar-refractivity contribution in [2.45, 2.75) is 12.5 Å². The van der Waals surface area contributed by atoms with Crippen LogP contribution in [0.3, 0.4) is 0 Å². The summed E-state index contributed by atoms with van der Waals surface area (Å²) in [6.07, 6.45) is 0.162. The van der Waals surface area contributed by atoms with E-state index < -0.39 is 6.10 Å². The van der Waals surface area contributed by atoms with Gasteiger partial charge in [-0.25, -0.2) is 0 Å². The van der Waals surface area contributed by atoms with Gasteiger partial charge in [0, 0.05) is 12.0 Å². The summed E-state index contributed by atoms with van der Waals surface area (Å²) in [5.41, 5.74) is 0.801. The molecule has 0 amide bonds. The molecule has 1 aliphatic rings. The zero-order valence-electron chi connectivity index (χ0n) is 9.87. The minimum Gasteiger partial charge on any atom is -0.493 e. The third-order valence-corrected chi connectivity index (χ3v) is 2.97. The fraction of sp³-hybridized carbons (Fsp3) is 0.200. The predicted molar refractivity (Wildman–Crippen MR) is 68.0 cm³/mol. The van der Waals surface area contributed by atoms with Crippen molar-refractivity contribution in [2.75, 3.05) is 6.61 Å². The average Bonchev–Trinajstić information content (AvgIpc) is 2.41. The van der Waals surface area contributed by atoms with Gasteiger partial charge in [-0.1, -0.05) is 18.2 Å². The number of hydrogen-bond donors (Lipinski definition) is 1. The van der Waals surface area contributed by atoms with Gasteiger partial charge < -0.3 is 14.6 Å². The summed E-state index contributed by atoms with van der Waals surface area (Å²) in [5.74, 6) is 2.24. The number of benzene rings is 2. The highest BCUT2D eigenvalue weighted by Crippen LogP contribution is 2.35. The van der Waals surface area contributed by atoms with Crippen LogP contribution in [0.1, 0.15) is 18.1 Å². The number of rotatable bonds is 2. The first-order chi connectivity index (χ1) is 8.83. The van der Waals surface area contributed by atoms with E-state index in [0.717, 1.165) is 17.1 Å². The maximum absolute atomic E-state index is 9.92. The topological polar surface area (TPSA) is 38.7 Å². The van der Waals surface area contributed by atoms with Crippen molar-refractivity contribution in [2.24, 2.45) is 0 Å². The molecule has 0 aliphatic carbocycles. The lowest BCUT2D eigenvalue weighted by atomic mass is 10.0. The zero-order chi connectivity index (χ0) is 12.4. The van der Waals surface area contributed by atoms with E-state index in [1.807, 2.05) is 48.5 Å². The first-order valence-corrected chi connectivity index (χ1v) is 6.00. The summed E-state index contributed by atoms with van der Waals surface area (Å²) in [5, 5.41) is 9.92. The summed E-state index contributed by atoms with van der Waals surface area (Å²) < 4.78 is 11.2. The molecule has 1 heterocycles. The van der Waals surface area contributed by atoms with Crippen molar-refractivity contribution < 1.29 is 14.6 Å². The molecule has 0 saturated heterocycles. The Morgan fingerprint density at radius 2 is 1.89 bits per heavy atom. The van der Waals surface area contributed by atoms with Gasteiger partial charge in [-0.3, -0.25) is 0 Å². The Morgan fingerprint density at radius 1 is 1.06 bits per heavy atom. The van der Waals surface area contributed by atoms with Crippen LogP contribution in [0, 0.1) is 0 Å². The third-order valence-electron chi connectivity index (χ3n) is 2.97. The molecule has 0 saturated carbocycles. The molecular formula is C15H14O3. The largest absolute Gasteiger partial charge is 0.493 e. The van der Waals surface area contributed by atoms with Crippen molar-refractivity contribution in [1.29, 1.82) is 0 Å². The number of para-hydroxylation sites is 1. The van der Waals surface area contributed by atoms with Crippen molar-refractivity contribution in [3.8, 4) is 17.2 Å². The molecule has 0 aromatic heterocycles. The summed E-state index contributed by atoms with van der Waals surface area (Å²) in [7, 11) is 0. The van der Waals surface area contributed by atoms with Gasteiger partial charge in [0.2, 0.25) is 0 Å². The van der Waals surface area contributed by atoms with Crippen LogP contribution < -0.4 is 9.47 Å². The monoisotopic (exact) mass is 242 g/mol. The van der Waals surface area contributed by atoms with Gasteiger partial charge in [-0.15, -0.1) is 0 Å². The maximum Gasteiger partial charge on any atom is 0.128 e. The average molecular weight is 242 g/mol. The van der Waals surface area contributed by atoms with Crippen molar-refractivity contribution in [3.63, 3.8) is 0 Å². The van der Waals surface area contributed by atoms with E-state index in [9.17, 15) is 5.11 Å². The van der Waals surface area contributed by atoms with Crippen molar-refractivity contribution in [3.05, 3.63) is 54.1 Å². The molecule has 1 N–H and O–H groups in total. The molecule has 92 valence electrons. The van der Waals surface area contributed by atoms with E-state index in [0.29, 0.717) is 18.8 Å². The van der Waals surface area contributed by atoms with Crippen LogP contribution in [0.25, 0.3) is 0 Å². The first kappa shape index (κ1) is 11.1. The van der Waals surface area contributed by atoms with Crippen LogP contribution in [-0.2, 0) is 0 Å². The molecule has 0 fully saturated rings. The Labute approximate surface area is 106 Å². The smallest absolute Gasteiger partial charge is 0.128 e. The second kappa shape index (κ2) is 4.70. The third kappa shape index (κ3) is 2.17. The summed E-state index contributed by atoms with van der Waals surface area (Å²) in [6.45, 7) is 0.563. The Hall–Kier alpha value is -2.00. The van der Waals surface area contributed by atoms with Gasteiger partial charge >= 0.3 is 0 Å². The van der Waals surface area contributed by atoms with Crippen LogP contribution in [0.4, 0.5) is 0 Å². The van der Waals surface area contributed by atoms with Gasteiger partial charge in [-0.05, 0) is 30.3 Å². The van der Waals surface area contributed by atoms with Gasteiger partial charge in [0.1, 0.15) is 17.2 Å². The van der Waals surface area contributed by atoms with E-state index in [4.69, 9.17) is 9.47 Å². The highest BCUT2D eigenvalue weighted by atomic mass is 16.5. The standard InChI is InChI=1S/C15H14O3/c16-14-8-9-17-15-7-6-12(10-13(14)15)18-11-4-2-1-3-5-11/h1-7,10,14,16H,8-9H2. The van der Waals surface area contributed by atoms with E-state index in [1.54, 1.807) is 0 Å². The number of aliphatic hydroxyl groups is 1. The van der Waals surface area contributed by atoms with Gasteiger partial charge in [0.05, 0.1) is 12.7 Å². The highest BCUT2D eigenvalue weighted by molar-refractivity contribution is 5.44. The van der Waals surface area contributed by atoms with E-state index in [2.05, 4.69) is 0 Å². The van der Waals surface area contributed by atoms with Crippen molar-refractivity contribution >= 4 is 0 Å². The molecule has 2 aromatic rings. The lowest BCUT2D eigenvalue weighted by Gasteiger charge is -2.22. The van der Waals surface area contributed by atoms with Crippen molar-refractivity contribution in [1.82, 2.24) is 0 Å². The van der Waals surface area contributed by atoms with Crippen LogP contribution in [0.2, 0.25) is 0 Å². The van der Waals surface area contributed by atoms with E-state index in [-0.39, 0.29) is 0 Å². The molecule has 18 heavy (non-hydrogen) atoms. The normalized spacial score (nSPS) is 17.7. The minimum atomic E-state index is -0.465. The maximum atomic E-state index is 9.92. The quantitative estimate of drug-likeness (QED) is 0.878. The summed E-state index contributed by atoms with van der Waals surface area (Å²) in [6, 6.07) is 15.1. The Bertz CT molecular complexity index is 537. The second-order valence-corrected chi connectivity index (χ2v) is 4.27. The van der Waals surface area contributed by atoms with Gasteiger partial charge in [0.25, 0.3) is 0 Å². The fourth-order valence-electron chi connectivity index (χ4n) is 2.04. The van der Waals surface area contributed by atoms with E-state index in [1.165, 1.54) is 0 Å². The lowest BCUT2D eigenvalue weighted by Crippen LogP contribution is -2.13. The molecule has 0 spiro atoms. The van der Waals surface area contributed by atoms with Crippen LogP contribution >= 0.6 is 0 Å². The molecule has 2 aromatic carbocycles. The van der Waals surface area contributed by atoms with Crippen LogP contribution in [-0.4, -0.2) is 11.7 Å². The molecule has 0 radical (unpaired) electrons. The Morgan fingerprint density at radius 3 is 2.72 bits per heavy atom. The molecule has 1 unspecified atom stereocenters. The van der Waals surface area contributed by atoms with Crippen LogP contribution in [0.15, 0.2) is 48.5 Å². The van der Waals surface area contributed by atoms with E-state index >= 15 is 0 Å². The Balaban J connectivity index is 1.88. The lowest BCUT2D eigenvalue weighted by molar-refractivity contribution is 0.115. The molecule has 3 heteroatoms. The zero-order valence-corrected chi connectivity index (χ0v) is 9.87. The van der Waals surface area contributed by atoms with Gasteiger partial charge in [-0.2, -0.15) is 0 Å². The SMILES string of the molecule is OC1CCOc2ccc(Oc3ccccc3)cc21.